The van der Waals surface area contributed by atoms with E-state index in [0.29, 0.717) is 24.5 Å². The summed E-state index contributed by atoms with van der Waals surface area (Å²) in [5, 5.41) is 4.11. The number of amides is 2. The van der Waals surface area contributed by atoms with Crippen molar-refractivity contribution in [1.29, 1.82) is 0 Å². The predicted molar refractivity (Wildman–Crippen MR) is 95.4 cm³/mol. The van der Waals surface area contributed by atoms with E-state index < -0.39 is 6.04 Å². The summed E-state index contributed by atoms with van der Waals surface area (Å²) < 4.78 is 0. The smallest absolute Gasteiger partial charge is 0.248 e. The Balaban J connectivity index is 1.65. The second kappa shape index (κ2) is 7.32. The van der Waals surface area contributed by atoms with Crippen LogP contribution in [0.4, 0.5) is 5.13 Å². The van der Waals surface area contributed by atoms with E-state index >= 15 is 0 Å². The first-order valence-corrected chi connectivity index (χ1v) is 9.00. The molecule has 2 amide bonds. The highest BCUT2D eigenvalue weighted by molar-refractivity contribution is 7.15. The van der Waals surface area contributed by atoms with Crippen LogP contribution in [0.5, 0.6) is 0 Å². The van der Waals surface area contributed by atoms with Crippen molar-refractivity contribution >= 4 is 39.9 Å². The van der Waals surface area contributed by atoms with Crippen molar-refractivity contribution in [3.8, 4) is 0 Å². The number of thiazole rings is 1. The SMILES string of the molecule is CC(=O)N1CCC[C@@H]1C(=O)Nc1ncc(Cc2ccccc2Cl)s1. The minimum Gasteiger partial charge on any atom is -0.331 e. The summed E-state index contributed by atoms with van der Waals surface area (Å²) >= 11 is 7.60. The third-order valence-electron chi connectivity index (χ3n) is 4.07. The van der Waals surface area contributed by atoms with Gasteiger partial charge in [0.05, 0.1) is 0 Å². The van der Waals surface area contributed by atoms with Crippen LogP contribution in [0.15, 0.2) is 30.5 Å². The Labute approximate surface area is 149 Å². The van der Waals surface area contributed by atoms with Gasteiger partial charge >= 0.3 is 0 Å². The van der Waals surface area contributed by atoms with Gasteiger partial charge in [-0.05, 0) is 24.5 Å². The average Bonchev–Trinajstić information content (AvgIpc) is 3.19. The summed E-state index contributed by atoms with van der Waals surface area (Å²) in [6, 6.07) is 7.28. The molecule has 0 spiro atoms. The number of hydrogen-bond donors (Lipinski definition) is 1. The lowest BCUT2D eigenvalue weighted by Gasteiger charge is -2.21. The third kappa shape index (κ3) is 3.76. The molecule has 0 unspecified atom stereocenters. The maximum Gasteiger partial charge on any atom is 0.248 e. The summed E-state index contributed by atoms with van der Waals surface area (Å²) in [6.45, 7) is 2.14. The van der Waals surface area contributed by atoms with Gasteiger partial charge in [0.1, 0.15) is 6.04 Å². The molecule has 1 atom stereocenters. The molecule has 0 radical (unpaired) electrons. The zero-order valence-electron chi connectivity index (χ0n) is 13.3. The standard InChI is InChI=1S/C17H18ClN3O2S/c1-11(22)21-8-4-7-15(21)16(23)20-17-19-10-13(24-17)9-12-5-2-3-6-14(12)18/h2-3,5-6,10,15H,4,7-9H2,1H3,(H,19,20,23)/t15-/m1/s1. The predicted octanol–water partition coefficient (Wildman–Crippen LogP) is 3.34. The van der Waals surface area contributed by atoms with Gasteiger partial charge in [0, 0.05) is 36.0 Å². The molecule has 1 fully saturated rings. The normalized spacial score (nSPS) is 17.1. The summed E-state index contributed by atoms with van der Waals surface area (Å²) in [5.41, 5.74) is 1.03. The molecular formula is C17H18ClN3O2S. The maximum atomic E-state index is 12.4. The average molecular weight is 364 g/mol. The molecule has 1 aromatic carbocycles. The number of anilines is 1. The number of carbonyl (C=O) groups excluding carboxylic acids is 2. The topological polar surface area (TPSA) is 62.3 Å². The third-order valence-corrected chi connectivity index (χ3v) is 5.35. The second-order valence-corrected chi connectivity index (χ2v) is 7.28. The van der Waals surface area contributed by atoms with Crippen molar-refractivity contribution in [2.75, 3.05) is 11.9 Å². The van der Waals surface area contributed by atoms with Gasteiger partial charge in [-0.3, -0.25) is 9.59 Å². The Hall–Kier alpha value is -1.92. The first kappa shape index (κ1) is 16.9. The van der Waals surface area contributed by atoms with Crippen LogP contribution in [-0.2, 0) is 16.0 Å². The number of nitrogens with zero attached hydrogens (tertiary/aromatic N) is 2. The summed E-state index contributed by atoms with van der Waals surface area (Å²) in [5.74, 6) is -0.229. The van der Waals surface area contributed by atoms with Crippen LogP contribution in [0.1, 0.15) is 30.2 Å². The van der Waals surface area contributed by atoms with Crippen LogP contribution in [0.3, 0.4) is 0 Å². The monoisotopic (exact) mass is 363 g/mol. The molecule has 0 saturated carbocycles. The van der Waals surface area contributed by atoms with E-state index in [9.17, 15) is 9.59 Å². The molecule has 3 rings (SSSR count). The van der Waals surface area contributed by atoms with Crippen molar-refractivity contribution in [3.63, 3.8) is 0 Å². The Bertz CT molecular complexity index is 762. The molecule has 1 aliphatic heterocycles. The molecule has 7 heteroatoms. The molecule has 0 bridgehead atoms. The van der Waals surface area contributed by atoms with E-state index in [4.69, 9.17) is 11.6 Å². The minimum absolute atomic E-state index is 0.0637. The van der Waals surface area contributed by atoms with E-state index in [1.807, 2.05) is 24.3 Å². The molecular weight excluding hydrogens is 346 g/mol. The van der Waals surface area contributed by atoms with E-state index in [1.165, 1.54) is 18.3 Å². The second-order valence-electron chi connectivity index (χ2n) is 5.76. The molecule has 24 heavy (non-hydrogen) atoms. The van der Waals surface area contributed by atoms with Crippen molar-refractivity contribution in [1.82, 2.24) is 9.88 Å². The van der Waals surface area contributed by atoms with E-state index in [0.717, 1.165) is 21.9 Å². The number of aromatic nitrogens is 1. The highest BCUT2D eigenvalue weighted by atomic mass is 35.5. The van der Waals surface area contributed by atoms with Crippen LogP contribution in [0.2, 0.25) is 5.02 Å². The zero-order valence-corrected chi connectivity index (χ0v) is 14.9. The Morgan fingerprint density at radius 1 is 1.42 bits per heavy atom. The Morgan fingerprint density at radius 2 is 2.21 bits per heavy atom. The maximum absolute atomic E-state index is 12.4. The number of hydrogen-bond acceptors (Lipinski definition) is 4. The van der Waals surface area contributed by atoms with Crippen LogP contribution >= 0.6 is 22.9 Å². The molecule has 1 aromatic heterocycles. The largest absolute Gasteiger partial charge is 0.331 e. The Morgan fingerprint density at radius 3 is 2.96 bits per heavy atom. The molecule has 126 valence electrons. The van der Waals surface area contributed by atoms with Gasteiger partial charge in [-0.15, -0.1) is 11.3 Å². The first-order chi connectivity index (χ1) is 11.5. The highest BCUT2D eigenvalue weighted by Gasteiger charge is 2.32. The van der Waals surface area contributed by atoms with Gasteiger partial charge in [0.15, 0.2) is 5.13 Å². The van der Waals surface area contributed by atoms with Crippen molar-refractivity contribution in [2.24, 2.45) is 0 Å². The van der Waals surface area contributed by atoms with Gasteiger partial charge in [-0.25, -0.2) is 4.98 Å². The Kier molecular flexibility index (Phi) is 5.16. The van der Waals surface area contributed by atoms with Gasteiger partial charge in [-0.2, -0.15) is 0 Å². The van der Waals surface area contributed by atoms with Gasteiger partial charge in [0.25, 0.3) is 0 Å². The van der Waals surface area contributed by atoms with Gasteiger partial charge in [0.2, 0.25) is 11.8 Å². The van der Waals surface area contributed by atoms with Gasteiger partial charge in [-0.1, -0.05) is 29.8 Å². The number of rotatable bonds is 4. The molecule has 0 aliphatic carbocycles. The summed E-state index contributed by atoms with van der Waals surface area (Å²) in [6.07, 6.45) is 3.98. The fraction of sp³-hybridized carbons (Fsp3) is 0.353. The minimum atomic E-state index is -0.390. The highest BCUT2D eigenvalue weighted by Crippen LogP contribution is 2.26. The summed E-state index contributed by atoms with van der Waals surface area (Å²) in [7, 11) is 0. The molecule has 1 aliphatic rings. The first-order valence-electron chi connectivity index (χ1n) is 7.81. The molecule has 1 saturated heterocycles. The van der Waals surface area contributed by atoms with E-state index in [1.54, 1.807) is 11.1 Å². The number of nitrogens with one attached hydrogen (secondary N) is 1. The van der Waals surface area contributed by atoms with E-state index in [-0.39, 0.29) is 11.8 Å². The zero-order chi connectivity index (χ0) is 17.1. The van der Waals surface area contributed by atoms with Crippen molar-refractivity contribution < 1.29 is 9.59 Å². The fourth-order valence-electron chi connectivity index (χ4n) is 2.88. The number of carbonyl (C=O) groups is 2. The molecule has 5 nitrogen and oxygen atoms in total. The van der Waals surface area contributed by atoms with Crippen LogP contribution < -0.4 is 5.32 Å². The lowest BCUT2D eigenvalue weighted by Crippen LogP contribution is -2.42. The quantitative estimate of drug-likeness (QED) is 0.906. The fourth-order valence-corrected chi connectivity index (χ4v) is 3.92. The molecule has 1 N–H and O–H groups in total. The lowest BCUT2D eigenvalue weighted by molar-refractivity contribution is -0.134. The molecule has 2 heterocycles. The molecule has 2 aromatic rings. The van der Waals surface area contributed by atoms with E-state index in [2.05, 4.69) is 10.3 Å². The summed E-state index contributed by atoms with van der Waals surface area (Å²) in [4.78, 5) is 30.9. The van der Waals surface area contributed by atoms with Crippen molar-refractivity contribution in [3.05, 3.63) is 45.9 Å². The van der Waals surface area contributed by atoms with Crippen molar-refractivity contribution in [2.45, 2.75) is 32.2 Å². The van der Waals surface area contributed by atoms with Crippen LogP contribution in [-0.4, -0.2) is 34.3 Å². The van der Waals surface area contributed by atoms with Crippen LogP contribution in [0, 0.1) is 0 Å². The number of benzene rings is 1. The number of likely N-dealkylation sites (tertiary alicyclic amines) is 1. The van der Waals surface area contributed by atoms with Gasteiger partial charge < -0.3 is 10.2 Å². The van der Waals surface area contributed by atoms with Crippen LogP contribution in [0.25, 0.3) is 0 Å². The lowest BCUT2D eigenvalue weighted by atomic mass is 10.1. The number of halogens is 1.